The maximum Gasteiger partial charge on any atom is 0.275 e. The van der Waals surface area contributed by atoms with Crippen molar-refractivity contribution < 1.29 is 9.90 Å². The molecular formula is C17H16N2O2. The first kappa shape index (κ1) is 14.8. The summed E-state index contributed by atoms with van der Waals surface area (Å²) in [6.45, 7) is 3.69. The van der Waals surface area contributed by atoms with Gasteiger partial charge in [0.1, 0.15) is 12.3 Å². The molecule has 0 atom stereocenters. The number of nitrogens with one attached hydrogen (secondary N) is 1. The number of rotatable bonds is 2. The number of aryl methyl sites for hydroxylation is 2. The van der Waals surface area contributed by atoms with E-state index in [9.17, 15) is 4.79 Å². The molecule has 0 bridgehead atoms. The summed E-state index contributed by atoms with van der Waals surface area (Å²) in [4.78, 5) is 16.4. The van der Waals surface area contributed by atoms with Crippen LogP contribution in [0.1, 0.15) is 27.2 Å². The zero-order valence-corrected chi connectivity index (χ0v) is 12.0. The first-order chi connectivity index (χ1) is 10.1. The number of amides is 1. The Morgan fingerprint density at radius 2 is 2.00 bits per heavy atom. The standard InChI is InChI=1S/C17H16N2O2/c1-12-9-13(2)11-15(10-12)19-17(21)16-14(6-4-8-20)5-3-7-18-16/h3,5,7,9-11,20H,8H2,1-2H3,(H,19,21). The summed E-state index contributed by atoms with van der Waals surface area (Å²) < 4.78 is 0. The van der Waals surface area contributed by atoms with E-state index in [0.717, 1.165) is 16.8 Å². The van der Waals surface area contributed by atoms with Gasteiger partial charge in [-0.1, -0.05) is 17.9 Å². The molecule has 0 saturated heterocycles. The van der Waals surface area contributed by atoms with Gasteiger partial charge in [-0.25, -0.2) is 4.98 Å². The van der Waals surface area contributed by atoms with Crippen LogP contribution in [-0.4, -0.2) is 22.6 Å². The van der Waals surface area contributed by atoms with Gasteiger partial charge in [0, 0.05) is 11.9 Å². The quantitative estimate of drug-likeness (QED) is 0.830. The Balaban J connectivity index is 2.28. The Labute approximate surface area is 123 Å². The molecule has 2 N–H and O–H groups in total. The van der Waals surface area contributed by atoms with Crippen molar-refractivity contribution in [2.45, 2.75) is 13.8 Å². The fourth-order valence-electron chi connectivity index (χ4n) is 2.06. The highest BCUT2D eigenvalue weighted by Crippen LogP contribution is 2.15. The zero-order chi connectivity index (χ0) is 15.2. The largest absolute Gasteiger partial charge is 0.384 e. The number of hydrogen-bond acceptors (Lipinski definition) is 3. The van der Waals surface area contributed by atoms with Crippen molar-refractivity contribution in [1.29, 1.82) is 0 Å². The van der Waals surface area contributed by atoms with Gasteiger partial charge in [-0.3, -0.25) is 4.79 Å². The molecule has 0 aliphatic carbocycles. The lowest BCUT2D eigenvalue weighted by Crippen LogP contribution is -2.15. The summed E-state index contributed by atoms with van der Waals surface area (Å²) in [5.74, 6) is 4.94. The number of benzene rings is 1. The van der Waals surface area contributed by atoms with Gasteiger partial charge in [-0.05, 0) is 49.2 Å². The molecular weight excluding hydrogens is 264 g/mol. The highest BCUT2D eigenvalue weighted by molar-refractivity contribution is 6.04. The summed E-state index contributed by atoms with van der Waals surface area (Å²) >= 11 is 0. The van der Waals surface area contributed by atoms with Gasteiger partial charge in [0.2, 0.25) is 0 Å². The van der Waals surface area contributed by atoms with Gasteiger partial charge >= 0.3 is 0 Å². The molecule has 0 radical (unpaired) electrons. The first-order valence-electron chi connectivity index (χ1n) is 6.54. The summed E-state index contributed by atoms with van der Waals surface area (Å²) in [6.07, 6.45) is 1.54. The summed E-state index contributed by atoms with van der Waals surface area (Å²) in [6, 6.07) is 9.23. The van der Waals surface area contributed by atoms with E-state index in [1.165, 1.54) is 0 Å². The Morgan fingerprint density at radius 1 is 1.29 bits per heavy atom. The Kier molecular flexibility index (Phi) is 4.70. The third-order valence-electron chi connectivity index (χ3n) is 2.80. The van der Waals surface area contributed by atoms with Crippen LogP contribution in [0.3, 0.4) is 0 Å². The van der Waals surface area contributed by atoms with Gasteiger partial charge in [-0.2, -0.15) is 0 Å². The molecule has 0 aliphatic rings. The molecule has 1 aromatic heterocycles. The fourth-order valence-corrected chi connectivity index (χ4v) is 2.06. The lowest BCUT2D eigenvalue weighted by atomic mass is 10.1. The minimum atomic E-state index is -0.317. The smallest absolute Gasteiger partial charge is 0.275 e. The number of carbonyl (C=O) groups is 1. The van der Waals surface area contributed by atoms with Crippen LogP contribution in [-0.2, 0) is 0 Å². The minimum absolute atomic E-state index is 0.248. The van der Waals surface area contributed by atoms with Crippen LogP contribution in [0.15, 0.2) is 36.5 Å². The molecule has 1 heterocycles. The van der Waals surface area contributed by atoms with E-state index in [-0.39, 0.29) is 18.2 Å². The first-order valence-corrected chi connectivity index (χ1v) is 6.54. The van der Waals surface area contributed by atoms with Gasteiger partial charge in [0.15, 0.2) is 0 Å². The van der Waals surface area contributed by atoms with E-state index in [2.05, 4.69) is 22.1 Å². The van der Waals surface area contributed by atoms with Crippen molar-refractivity contribution in [3.63, 3.8) is 0 Å². The Hall–Kier alpha value is -2.64. The Bertz CT molecular complexity index is 707. The summed E-state index contributed by atoms with van der Waals surface area (Å²) in [5, 5.41) is 11.6. The molecule has 0 spiro atoms. The van der Waals surface area contributed by atoms with Gasteiger partial charge in [-0.15, -0.1) is 0 Å². The van der Waals surface area contributed by atoms with Crippen LogP contribution in [0.5, 0.6) is 0 Å². The summed E-state index contributed by atoms with van der Waals surface area (Å²) in [5.41, 5.74) is 3.62. The third-order valence-corrected chi connectivity index (χ3v) is 2.80. The third kappa shape index (κ3) is 3.91. The van der Waals surface area contributed by atoms with Crippen LogP contribution >= 0.6 is 0 Å². The molecule has 1 amide bonds. The number of carbonyl (C=O) groups excluding carboxylic acids is 1. The van der Waals surface area contributed by atoms with Crippen LogP contribution in [0.4, 0.5) is 5.69 Å². The van der Waals surface area contributed by atoms with Crippen molar-refractivity contribution in [3.05, 3.63) is 58.9 Å². The molecule has 2 rings (SSSR count). The topological polar surface area (TPSA) is 62.2 Å². The van der Waals surface area contributed by atoms with Gasteiger partial charge in [0.05, 0.1) is 5.56 Å². The number of aliphatic hydroxyl groups is 1. The number of hydrogen-bond donors (Lipinski definition) is 2. The van der Waals surface area contributed by atoms with Crippen molar-refractivity contribution in [3.8, 4) is 11.8 Å². The molecule has 2 aromatic rings. The molecule has 0 unspecified atom stereocenters. The van der Waals surface area contributed by atoms with E-state index in [0.29, 0.717) is 5.56 Å². The number of aliphatic hydroxyl groups excluding tert-OH is 1. The molecule has 21 heavy (non-hydrogen) atoms. The average Bonchev–Trinajstić information content (AvgIpc) is 2.44. The second-order valence-corrected chi connectivity index (χ2v) is 4.69. The van der Waals surface area contributed by atoms with E-state index < -0.39 is 0 Å². The second kappa shape index (κ2) is 6.69. The molecule has 4 heteroatoms. The molecule has 4 nitrogen and oxygen atoms in total. The Morgan fingerprint density at radius 3 is 2.67 bits per heavy atom. The predicted molar refractivity (Wildman–Crippen MR) is 82.1 cm³/mol. The van der Waals surface area contributed by atoms with Crippen molar-refractivity contribution in [2.24, 2.45) is 0 Å². The van der Waals surface area contributed by atoms with Crippen molar-refractivity contribution >= 4 is 11.6 Å². The molecule has 1 aromatic carbocycles. The zero-order valence-electron chi connectivity index (χ0n) is 12.0. The number of nitrogens with zero attached hydrogens (tertiary/aromatic N) is 1. The average molecular weight is 280 g/mol. The molecule has 0 saturated carbocycles. The summed E-state index contributed by atoms with van der Waals surface area (Å²) in [7, 11) is 0. The number of pyridine rings is 1. The second-order valence-electron chi connectivity index (χ2n) is 4.69. The molecule has 106 valence electrons. The van der Waals surface area contributed by atoms with Crippen LogP contribution in [0.25, 0.3) is 0 Å². The maximum atomic E-state index is 12.3. The molecule has 0 fully saturated rings. The normalized spacial score (nSPS) is 9.67. The van der Waals surface area contributed by atoms with Crippen molar-refractivity contribution in [1.82, 2.24) is 4.98 Å². The van der Waals surface area contributed by atoms with Crippen LogP contribution in [0.2, 0.25) is 0 Å². The lowest BCUT2D eigenvalue weighted by molar-refractivity contribution is 0.102. The maximum absolute atomic E-state index is 12.3. The van der Waals surface area contributed by atoms with Gasteiger partial charge < -0.3 is 10.4 Å². The number of aromatic nitrogens is 1. The SMILES string of the molecule is Cc1cc(C)cc(NC(=O)c2ncccc2C#CCO)c1. The van der Waals surface area contributed by atoms with Crippen molar-refractivity contribution in [2.75, 3.05) is 11.9 Å². The van der Waals surface area contributed by atoms with E-state index in [1.54, 1.807) is 18.3 Å². The number of anilines is 1. The highest BCUT2D eigenvalue weighted by Gasteiger charge is 2.12. The molecule has 0 aliphatic heterocycles. The predicted octanol–water partition coefficient (Wildman–Crippen LogP) is 2.29. The van der Waals surface area contributed by atoms with E-state index >= 15 is 0 Å². The lowest BCUT2D eigenvalue weighted by Gasteiger charge is -2.08. The highest BCUT2D eigenvalue weighted by atomic mass is 16.2. The van der Waals surface area contributed by atoms with E-state index in [4.69, 9.17) is 5.11 Å². The van der Waals surface area contributed by atoms with E-state index in [1.807, 2.05) is 32.0 Å². The minimum Gasteiger partial charge on any atom is -0.384 e. The van der Waals surface area contributed by atoms with Crippen LogP contribution < -0.4 is 5.32 Å². The fraction of sp³-hybridized carbons (Fsp3) is 0.176. The van der Waals surface area contributed by atoms with Crippen LogP contribution in [0, 0.1) is 25.7 Å². The van der Waals surface area contributed by atoms with Gasteiger partial charge in [0.25, 0.3) is 5.91 Å². The monoisotopic (exact) mass is 280 g/mol.